The molecule has 1 aromatic carbocycles. The van der Waals surface area contributed by atoms with Gasteiger partial charge in [0, 0.05) is 10.0 Å². The molecule has 0 amide bonds. The molecule has 128 valence electrons. The highest BCUT2D eigenvalue weighted by Gasteiger charge is 2.30. The van der Waals surface area contributed by atoms with Crippen LogP contribution in [0.4, 0.5) is 13.2 Å². The second kappa shape index (κ2) is 7.37. The molecule has 0 unspecified atom stereocenters. The van der Waals surface area contributed by atoms with Gasteiger partial charge in [-0.1, -0.05) is 42.2 Å². The van der Waals surface area contributed by atoms with Crippen LogP contribution >= 0.6 is 22.6 Å². The molecule has 1 N–H and O–H groups in total. The summed E-state index contributed by atoms with van der Waals surface area (Å²) in [7, 11) is 0. The number of hydrogen-bond acceptors (Lipinski definition) is 2. The maximum atomic E-state index is 12.7. The van der Waals surface area contributed by atoms with Crippen LogP contribution < -0.4 is 5.69 Å². The zero-order chi connectivity index (χ0) is 17.9. The molecule has 0 aliphatic rings. The van der Waals surface area contributed by atoms with Crippen molar-refractivity contribution in [2.24, 2.45) is 0 Å². The molecule has 8 heteroatoms. The summed E-state index contributed by atoms with van der Waals surface area (Å²) in [6.07, 6.45) is -1.83. The largest absolute Gasteiger partial charge is 0.416 e. The van der Waals surface area contributed by atoms with Crippen molar-refractivity contribution in [3.63, 3.8) is 0 Å². The first-order chi connectivity index (χ1) is 11.3. The van der Waals surface area contributed by atoms with Crippen LogP contribution in [0.15, 0.2) is 47.3 Å². The Balaban J connectivity index is 2.56. The van der Waals surface area contributed by atoms with E-state index in [-0.39, 0.29) is 0 Å². The first-order valence-electron chi connectivity index (χ1n) is 7.09. The summed E-state index contributed by atoms with van der Waals surface area (Å²) < 4.78 is 40.0. The van der Waals surface area contributed by atoms with Crippen molar-refractivity contribution in [1.82, 2.24) is 14.8 Å². The fraction of sp³-hybridized carbons (Fsp3) is 0.250. The predicted octanol–water partition coefficient (Wildman–Crippen LogP) is 4.36. The fourth-order valence-corrected chi connectivity index (χ4v) is 2.60. The number of hydrogen-bond donors (Lipinski definition) is 1. The topological polar surface area (TPSA) is 50.7 Å². The first kappa shape index (κ1) is 18.5. The maximum Gasteiger partial charge on any atom is 0.416 e. The molecule has 0 radical (unpaired) electrons. The number of alkyl halides is 4. The van der Waals surface area contributed by atoms with Crippen molar-refractivity contribution in [3.8, 4) is 5.69 Å². The Kier molecular flexibility index (Phi) is 5.68. The third-order valence-corrected chi connectivity index (χ3v) is 4.24. The zero-order valence-corrected chi connectivity index (χ0v) is 15.0. The summed E-state index contributed by atoms with van der Waals surface area (Å²) in [4.78, 5) is 12.1. The van der Waals surface area contributed by atoms with Crippen LogP contribution in [0.3, 0.4) is 0 Å². The normalized spacial score (nSPS) is 12.5. The lowest BCUT2D eigenvalue weighted by atomic mass is 10.1. The number of aromatic amines is 1. The molecule has 4 nitrogen and oxygen atoms in total. The summed E-state index contributed by atoms with van der Waals surface area (Å²) in [5.74, 6) is 0.336. The van der Waals surface area contributed by atoms with Crippen molar-refractivity contribution in [2.45, 2.75) is 19.5 Å². The van der Waals surface area contributed by atoms with E-state index in [9.17, 15) is 18.0 Å². The second-order valence-electron chi connectivity index (χ2n) is 5.00. The van der Waals surface area contributed by atoms with Gasteiger partial charge in [-0.05, 0) is 36.3 Å². The molecular formula is C16H15F3IN3O. The van der Waals surface area contributed by atoms with Crippen LogP contribution in [0.25, 0.3) is 11.3 Å². The molecule has 1 aromatic heterocycles. The van der Waals surface area contributed by atoms with E-state index < -0.39 is 17.4 Å². The second-order valence-corrected chi connectivity index (χ2v) is 5.76. The molecule has 0 fully saturated rings. The van der Waals surface area contributed by atoms with Crippen LogP contribution in [0.2, 0.25) is 0 Å². The predicted molar refractivity (Wildman–Crippen MR) is 95.5 cm³/mol. The van der Waals surface area contributed by atoms with E-state index in [1.807, 2.05) is 13.0 Å². The van der Waals surface area contributed by atoms with E-state index in [1.54, 1.807) is 0 Å². The van der Waals surface area contributed by atoms with Gasteiger partial charge in [0.1, 0.15) is 0 Å². The Morgan fingerprint density at radius 2 is 2.00 bits per heavy atom. The molecule has 0 saturated carbocycles. The molecule has 0 spiro atoms. The molecular weight excluding hydrogens is 434 g/mol. The van der Waals surface area contributed by atoms with Gasteiger partial charge < -0.3 is 0 Å². The van der Waals surface area contributed by atoms with Crippen LogP contribution in [0.5, 0.6) is 0 Å². The highest BCUT2D eigenvalue weighted by molar-refractivity contribution is 14.1. The number of benzene rings is 1. The maximum absolute atomic E-state index is 12.7. The van der Waals surface area contributed by atoms with Gasteiger partial charge in [0.15, 0.2) is 5.82 Å². The number of nitrogens with zero attached hydrogens (tertiary/aromatic N) is 2. The van der Waals surface area contributed by atoms with Gasteiger partial charge in [-0.2, -0.15) is 18.3 Å². The molecule has 0 aliphatic heterocycles. The number of rotatable bonds is 5. The number of aromatic nitrogens is 3. The van der Waals surface area contributed by atoms with Gasteiger partial charge in [0.05, 0.1) is 11.3 Å². The highest BCUT2D eigenvalue weighted by atomic mass is 127. The summed E-state index contributed by atoms with van der Waals surface area (Å²) in [5.41, 5.74) is 0.494. The molecule has 1 heterocycles. The lowest BCUT2D eigenvalue weighted by Gasteiger charge is -2.12. The molecule has 0 bridgehead atoms. The summed E-state index contributed by atoms with van der Waals surface area (Å²) in [6, 6.07) is 4.38. The molecule has 0 aliphatic carbocycles. The lowest BCUT2D eigenvalue weighted by Crippen LogP contribution is -2.17. The smallest absolute Gasteiger partial charge is 0.246 e. The van der Waals surface area contributed by atoms with E-state index in [0.717, 1.165) is 17.7 Å². The van der Waals surface area contributed by atoms with Gasteiger partial charge in [0.25, 0.3) is 0 Å². The third kappa shape index (κ3) is 3.80. The van der Waals surface area contributed by atoms with E-state index in [4.69, 9.17) is 0 Å². The number of nitrogens with one attached hydrogen (secondary N) is 1. The van der Waals surface area contributed by atoms with Crippen molar-refractivity contribution in [2.75, 3.05) is 4.43 Å². The summed E-state index contributed by atoms with van der Waals surface area (Å²) in [6.45, 7) is 5.90. The fourth-order valence-electron chi connectivity index (χ4n) is 2.19. The van der Waals surface area contributed by atoms with Crippen molar-refractivity contribution >= 4 is 28.2 Å². The Bertz CT molecular complexity index is 816. The van der Waals surface area contributed by atoms with Crippen molar-refractivity contribution < 1.29 is 13.2 Å². The minimum atomic E-state index is -4.43. The van der Waals surface area contributed by atoms with E-state index >= 15 is 0 Å². The average Bonchev–Trinajstić information content (AvgIpc) is 2.92. The molecule has 2 rings (SSSR count). The molecule has 0 saturated heterocycles. The van der Waals surface area contributed by atoms with Crippen LogP contribution in [-0.4, -0.2) is 19.2 Å². The van der Waals surface area contributed by atoms with E-state index in [0.29, 0.717) is 27.9 Å². The van der Waals surface area contributed by atoms with Gasteiger partial charge >= 0.3 is 11.9 Å². The zero-order valence-electron chi connectivity index (χ0n) is 12.8. The van der Waals surface area contributed by atoms with Gasteiger partial charge in [-0.3, -0.25) is 0 Å². The van der Waals surface area contributed by atoms with Crippen molar-refractivity contribution in [1.29, 1.82) is 0 Å². The number of H-pyrrole nitrogens is 1. The Hall–Kier alpha value is -1.84. The minimum Gasteiger partial charge on any atom is -0.246 e. The standard InChI is InChI=1S/C16H15F3IN3O/c1-3-4-13(10(2)9-20)14-21-22-15(24)23(14)12-7-5-11(6-8-12)16(17,18)19/h4-8H,2-3,9H2,1H3,(H,22,24)/b13-4+. The van der Waals surface area contributed by atoms with Crippen LogP contribution in [-0.2, 0) is 6.18 Å². The Labute approximate surface area is 150 Å². The van der Waals surface area contributed by atoms with E-state index in [1.165, 1.54) is 16.7 Å². The molecule has 24 heavy (non-hydrogen) atoms. The van der Waals surface area contributed by atoms with Gasteiger partial charge in [0.2, 0.25) is 0 Å². The molecule has 2 aromatic rings. The first-order valence-corrected chi connectivity index (χ1v) is 8.61. The average molecular weight is 449 g/mol. The van der Waals surface area contributed by atoms with Crippen LogP contribution in [0.1, 0.15) is 24.7 Å². The van der Waals surface area contributed by atoms with Crippen molar-refractivity contribution in [3.05, 3.63) is 64.4 Å². The quantitative estimate of drug-likeness (QED) is 0.419. The van der Waals surface area contributed by atoms with Gasteiger partial charge in [-0.25, -0.2) is 14.5 Å². The van der Waals surface area contributed by atoms with Gasteiger partial charge in [-0.15, -0.1) is 0 Å². The SMILES string of the molecule is C=C(CI)/C(=C\CC)c1n[nH]c(=O)n1-c1ccc(C(F)(F)F)cc1. The lowest BCUT2D eigenvalue weighted by molar-refractivity contribution is -0.137. The number of allylic oxidation sites excluding steroid dienone is 3. The highest BCUT2D eigenvalue weighted by Crippen LogP contribution is 2.30. The summed E-state index contributed by atoms with van der Waals surface area (Å²) >= 11 is 2.15. The molecule has 0 atom stereocenters. The monoisotopic (exact) mass is 449 g/mol. The Morgan fingerprint density at radius 3 is 2.50 bits per heavy atom. The van der Waals surface area contributed by atoms with E-state index in [2.05, 4.69) is 39.4 Å². The summed E-state index contributed by atoms with van der Waals surface area (Å²) in [5, 5.41) is 6.37. The third-order valence-electron chi connectivity index (χ3n) is 3.32. The minimum absolute atomic E-state index is 0.306. The van der Waals surface area contributed by atoms with Crippen LogP contribution in [0, 0.1) is 0 Å². The number of halogens is 4. The Morgan fingerprint density at radius 1 is 1.38 bits per heavy atom.